The lowest BCUT2D eigenvalue weighted by molar-refractivity contribution is 0.376. The minimum Gasteiger partial charge on any atom is -0.103 e. The molecule has 0 spiro atoms. The molecular weight excluding hydrogens is 179 g/mol. The maximum absolute atomic E-state index is 3.96. The van der Waals surface area contributed by atoms with Gasteiger partial charge in [0.15, 0.2) is 0 Å². The van der Waals surface area contributed by atoms with Crippen LogP contribution in [0.25, 0.3) is 0 Å². The Hall–Kier alpha value is -0.455. The molecule has 4 atom stereocenters. The second-order valence-electron chi connectivity index (χ2n) is 5.32. The van der Waals surface area contributed by atoms with E-state index in [1.165, 1.54) is 19.1 Å². The molecule has 0 radical (unpaired) electrons. The third-order valence-corrected chi connectivity index (χ3v) is 4.48. The van der Waals surface area contributed by atoms with Crippen molar-refractivity contribution in [2.75, 3.05) is 0 Å². The fourth-order valence-corrected chi connectivity index (χ4v) is 2.88. The highest BCUT2D eigenvalue weighted by Gasteiger charge is 2.37. The second-order valence-corrected chi connectivity index (χ2v) is 5.32. The SMILES string of the molecule is C=CC(C)C(C)C(B1CCC1)C(C)C=C. The first kappa shape index (κ1) is 12.6. The molecule has 1 aliphatic rings. The van der Waals surface area contributed by atoms with Gasteiger partial charge < -0.3 is 0 Å². The molecule has 0 nitrogen and oxygen atoms in total. The van der Waals surface area contributed by atoms with Crippen molar-refractivity contribution in [3.05, 3.63) is 25.3 Å². The van der Waals surface area contributed by atoms with E-state index in [9.17, 15) is 0 Å². The third-order valence-electron chi connectivity index (χ3n) is 4.48. The van der Waals surface area contributed by atoms with Crippen LogP contribution in [-0.4, -0.2) is 6.71 Å². The largest absolute Gasteiger partial charge is 0.144 e. The summed E-state index contributed by atoms with van der Waals surface area (Å²) in [4.78, 5) is 0. The summed E-state index contributed by atoms with van der Waals surface area (Å²) in [5.74, 6) is 2.82. The van der Waals surface area contributed by atoms with Gasteiger partial charge in [0.1, 0.15) is 6.71 Å². The quantitative estimate of drug-likeness (QED) is 0.440. The number of hydrogen-bond donors (Lipinski definition) is 0. The standard InChI is InChI=1S/C14H25B/c1-6-11(3)13(5)14(12(4)7-2)15-9-8-10-15/h6-7,11-14H,1-2,8-10H2,3-5H3. The van der Waals surface area contributed by atoms with Gasteiger partial charge in [-0.3, -0.25) is 0 Å². The molecule has 1 heteroatoms. The topological polar surface area (TPSA) is 0 Å². The van der Waals surface area contributed by atoms with Crippen LogP contribution in [0, 0.1) is 17.8 Å². The molecule has 0 bridgehead atoms. The second kappa shape index (κ2) is 5.58. The van der Waals surface area contributed by atoms with Gasteiger partial charge >= 0.3 is 0 Å². The van der Waals surface area contributed by atoms with E-state index in [2.05, 4.69) is 46.1 Å². The van der Waals surface area contributed by atoms with Gasteiger partial charge in [-0.25, -0.2) is 0 Å². The molecule has 0 aromatic carbocycles. The summed E-state index contributed by atoms with van der Waals surface area (Å²) in [6.45, 7) is 15.8. The molecule has 84 valence electrons. The lowest BCUT2D eigenvalue weighted by Crippen LogP contribution is -2.36. The Bertz CT molecular complexity index is 217. The molecule has 0 aromatic rings. The molecule has 0 N–H and O–H groups in total. The van der Waals surface area contributed by atoms with Crippen LogP contribution in [0.15, 0.2) is 25.3 Å². The maximum atomic E-state index is 3.96. The lowest BCUT2D eigenvalue weighted by atomic mass is 9.25. The number of hydrogen-bond acceptors (Lipinski definition) is 0. The van der Waals surface area contributed by atoms with Crippen LogP contribution in [0.4, 0.5) is 0 Å². The Morgan fingerprint density at radius 1 is 1.00 bits per heavy atom. The minimum atomic E-state index is 0.623. The molecule has 4 unspecified atom stereocenters. The van der Waals surface area contributed by atoms with Crippen LogP contribution < -0.4 is 0 Å². The zero-order valence-electron chi connectivity index (χ0n) is 10.6. The van der Waals surface area contributed by atoms with Crippen LogP contribution in [-0.2, 0) is 0 Å². The highest BCUT2D eigenvalue weighted by Crippen LogP contribution is 2.43. The van der Waals surface area contributed by atoms with E-state index in [4.69, 9.17) is 0 Å². The van der Waals surface area contributed by atoms with Crippen molar-refractivity contribution in [1.29, 1.82) is 0 Å². The molecule has 1 aliphatic heterocycles. The van der Waals surface area contributed by atoms with Gasteiger partial charge in [0, 0.05) is 0 Å². The van der Waals surface area contributed by atoms with E-state index < -0.39 is 0 Å². The molecule has 1 rings (SSSR count). The average Bonchev–Trinajstić information content (AvgIpc) is 2.19. The zero-order valence-corrected chi connectivity index (χ0v) is 10.6. The van der Waals surface area contributed by atoms with Crippen molar-refractivity contribution in [3.8, 4) is 0 Å². The van der Waals surface area contributed by atoms with Crippen LogP contribution in [0.3, 0.4) is 0 Å². The van der Waals surface area contributed by atoms with Crippen molar-refractivity contribution >= 4 is 6.71 Å². The Morgan fingerprint density at radius 2 is 1.53 bits per heavy atom. The molecule has 0 aliphatic carbocycles. The van der Waals surface area contributed by atoms with Gasteiger partial charge in [-0.15, -0.1) is 13.2 Å². The first-order chi connectivity index (χ1) is 7.11. The Labute approximate surface area is 95.9 Å². The molecule has 1 fully saturated rings. The van der Waals surface area contributed by atoms with Gasteiger partial charge in [0.25, 0.3) is 0 Å². The van der Waals surface area contributed by atoms with E-state index in [0.717, 1.165) is 18.4 Å². The van der Waals surface area contributed by atoms with Crippen LogP contribution in [0.1, 0.15) is 27.2 Å². The summed E-state index contributed by atoms with van der Waals surface area (Å²) in [6.07, 6.45) is 8.52. The number of allylic oxidation sites excluding steroid dienone is 2. The molecule has 1 heterocycles. The van der Waals surface area contributed by atoms with Crippen LogP contribution >= 0.6 is 0 Å². The normalized spacial score (nSPS) is 23.5. The molecular formula is C14H25B. The Morgan fingerprint density at radius 3 is 1.87 bits per heavy atom. The van der Waals surface area contributed by atoms with Gasteiger partial charge in [-0.05, 0) is 17.8 Å². The first-order valence-electron chi connectivity index (χ1n) is 6.37. The Kier molecular flexibility index (Phi) is 4.69. The van der Waals surface area contributed by atoms with Crippen LogP contribution in [0.5, 0.6) is 0 Å². The fraction of sp³-hybridized carbons (Fsp3) is 0.714. The molecule has 0 saturated carbocycles. The Balaban J connectivity index is 2.69. The zero-order chi connectivity index (χ0) is 11.4. The summed E-state index contributed by atoms with van der Waals surface area (Å²) in [6, 6.07) is 0. The molecule has 0 amide bonds. The molecule has 15 heavy (non-hydrogen) atoms. The van der Waals surface area contributed by atoms with Crippen molar-refractivity contribution in [3.63, 3.8) is 0 Å². The van der Waals surface area contributed by atoms with Crippen molar-refractivity contribution in [1.82, 2.24) is 0 Å². The van der Waals surface area contributed by atoms with E-state index in [-0.39, 0.29) is 0 Å². The van der Waals surface area contributed by atoms with Crippen LogP contribution in [0.2, 0.25) is 18.5 Å². The smallest absolute Gasteiger partial charge is 0.103 e. The molecule has 1 saturated heterocycles. The highest BCUT2D eigenvalue weighted by atomic mass is 14.3. The first-order valence-corrected chi connectivity index (χ1v) is 6.37. The van der Waals surface area contributed by atoms with E-state index in [1.54, 1.807) is 0 Å². The summed E-state index contributed by atoms with van der Waals surface area (Å²) >= 11 is 0. The van der Waals surface area contributed by atoms with Gasteiger partial charge in [-0.1, -0.05) is 57.8 Å². The summed E-state index contributed by atoms with van der Waals surface area (Å²) in [7, 11) is 0. The lowest BCUT2D eigenvalue weighted by Gasteiger charge is -2.39. The van der Waals surface area contributed by atoms with E-state index in [1.807, 2.05) is 0 Å². The maximum Gasteiger partial charge on any atom is 0.144 e. The number of rotatable bonds is 6. The highest BCUT2D eigenvalue weighted by molar-refractivity contribution is 6.63. The average molecular weight is 204 g/mol. The fourth-order valence-electron chi connectivity index (χ4n) is 2.88. The van der Waals surface area contributed by atoms with Gasteiger partial charge in [0.2, 0.25) is 0 Å². The van der Waals surface area contributed by atoms with Crippen molar-refractivity contribution < 1.29 is 0 Å². The minimum absolute atomic E-state index is 0.623. The van der Waals surface area contributed by atoms with Gasteiger partial charge in [0.05, 0.1) is 0 Å². The summed E-state index contributed by atoms with van der Waals surface area (Å²) in [5.41, 5.74) is 0. The summed E-state index contributed by atoms with van der Waals surface area (Å²) in [5, 5.41) is 0. The predicted molar refractivity (Wildman–Crippen MR) is 71.6 cm³/mol. The summed E-state index contributed by atoms with van der Waals surface area (Å²) < 4.78 is 0. The third kappa shape index (κ3) is 2.77. The van der Waals surface area contributed by atoms with Crippen molar-refractivity contribution in [2.24, 2.45) is 17.8 Å². The molecule has 0 aromatic heterocycles. The monoisotopic (exact) mass is 204 g/mol. The predicted octanol–water partition coefficient (Wildman–Crippen LogP) is 4.54. The van der Waals surface area contributed by atoms with E-state index >= 15 is 0 Å². The van der Waals surface area contributed by atoms with Crippen molar-refractivity contribution in [2.45, 2.75) is 45.6 Å². The van der Waals surface area contributed by atoms with E-state index in [0.29, 0.717) is 11.8 Å². The van der Waals surface area contributed by atoms with Gasteiger partial charge in [-0.2, -0.15) is 0 Å².